The van der Waals surface area contributed by atoms with E-state index in [1.54, 1.807) is 18.1 Å². The second-order valence-corrected chi connectivity index (χ2v) is 5.56. The van der Waals surface area contributed by atoms with Gasteiger partial charge in [0.15, 0.2) is 11.2 Å². The molecule has 7 heteroatoms. The molecular weight excluding hydrogens is 316 g/mol. The third-order valence-electron chi connectivity index (χ3n) is 3.82. The number of benzene rings is 1. The third-order valence-corrected chi connectivity index (χ3v) is 3.82. The van der Waals surface area contributed by atoms with Crippen LogP contribution in [0.2, 0.25) is 0 Å². The number of hydrogen-bond donors (Lipinski definition) is 0. The smallest absolute Gasteiger partial charge is 0.182 e. The maximum Gasteiger partial charge on any atom is 0.182 e. The van der Waals surface area contributed by atoms with Crippen LogP contribution >= 0.6 is 0 Å². The predicted octanol–water partition coefficient (Wildman–Crippen LogP) is 2.48. The number of nitrogens with zero attached hydrogens (tertiary/aromatic N) is 6. The van der Waals surface area contributed by atoms with Gasteiger partial charge in [0.2, 0.25) is 0 Å². The Morgan fingerprint density at radius 3 is 2.64 bits per heavy atom. The Morgan fingerprint density at radius 2 is 1.80 bits per heavy atom. The first-order valence-corrected chi connectivity index (χ1v) is 7.88. The SMILES string of the molecule is COCc1cccc(Cn2nnc3c(-c4ccccc4)ncnc32)n1. The Balaban J connectivity index is 1.71. The topological polar surface area (TPSA) is 78.6 Å². The highest BCUT2D eigenvalue weighted by molar-refractivity contribution is 5.86. The average molecular weight is 332 g/mol. The van der Waals surface area contributed by atoms with Gasteiger partial charge in [0.25, 0.3) is 0 Å². The van der Waals surface area contributed by atoms with E-state index in [0.717, 1.165) is 22.6 Å². The van der Waals surface area contributed by atoms with Gasteiger partial charge in [-0.05, 0) is 12.1 Å². The lowest BCUT2D eigenvalue weighted by atomic mass is 10.1. The number of ether oxygens (including phenoxy) is 1. The fourth-order valence-corrected chi connectivity index (χ4v) is 2.70. The molecule has 0 aliphatic carbocycles. The lowest BCUT2D eigenvalue weighted by Crippen LogP contribution is -2.06. The summed E-state index contributed by atoms with van der Waals surface area (Å²) in [6.45, 7) is 0.964. The minimum Gasteiger partial charge on any atom is -0.378 e. The summed E-state index contributed by atoms with van der Waals surface area (Å²) < 4.78 is 6.87. The molecule has 0 N–H and O–H groups in total. The minimum absolute atomic E-state index is 0.478. The molecule has 1 aromatic carbocycles. The van der Waals surface area contributed by atoms with Crippen LogP contribution < -0.4 is 0 Å². The summed E-state index contributed by atoms with van der Waals surface area (Å²) >= 11 is 0. The van der Waals surface area contributed by atoms with Crippen LogP contribution in [0.15, 0.2) is 54.9 Å². The molecule has 0 amide bonds. The summed E-state index contributed by atoms with van der Waals surface area (Å²) in [5.41, 5.74) is 4.89. The van der Waals surface area contributed by atoms with Crippen molar-refractivity contribution in [3.05, 3.63) is 66.2 Å². The molecule has 0 aliphatic rings. The van der Waals surface area contributed by atoms with Crippen LogP contribution in [0.5, 0.6) is 0 Å². The molecular formula is C18H16N6O. The monoisotopic (exact) mass is 332 g/mol. The summed E-state index contributed by atoms with van der Waals surface area (Å²) in [6, 6.07) is 15.7. The molecule has 25 heavy (non-hydrogen) atoms. The van der Waals surface area contributed by atoms with Crippen molar-refractivity contribution >= 4 is 11.2 Å². The van der Waals surface area contributed by atoms with E-state index in [2.05, 4.69) is 25.3 Å². The van der Waals surface area contributed by atoms with Gasteiger partial charge in [-0.1, -0.05) is 41.6 Å². The molecule has 4 aromatic rings. The molecule has 0 bridgehead atoms. The largest absolute Gasteiger partial charge is 0.378 e. The highest BCUT2D eigenvalue weighted by Crippen LogP contribution is 2.23. The van der Waals surface area contributed by atoms with Crippen molar-refractivity contribution in [2.45, 2.75) is 13.2 Å². The summed E-state index contributed by atoms with van der Waals surface area (Å²) in [5.74, 6) is 0. The van der Waals surface area contributed by atoms with Crippen LogP contribution in [0.4, 0.5) is 0 Å². The molecule has 0 saturated carbocycles. The Hall–Kier alpha value is -3.19. The van der Waals surface area contributed by atoms with Crippen LogP contribution in [0.1, 0.15) is 11.4 Å². The van der Waals surface area contributed by atoms with E-state index < -0.39 is 0 Å². The van der Waals surface area contributed by atoms with Crippen molar-refractivity contribution in [2.24, 2.45) is 0 Å². The summed E-state index contributed by atoms with van der Waals surface area (Å²) in [7, 11) is 1.65. The van der Waals surface area contributed by atoms with E-state index in [1.807, 2.05) is 48.5 Å². The standard InChI is InChI=1S/C18H16N6O/c1-25-11-15-9-5-8-14(21-15)10-24-18-17(22-23-24)16(19-12-20-18)13-6-3-2-4-7-13/h2-9,12H,10-11H2,1H3. The van der Waals surface area contributed by atoms with E-state index >= 15 is 0 Å². The lowest BCUT2D eigenvalue weighted by Gasteiger charge is -2.05. The van der Waals surface area contributed by atoms with E-state index in [4.69, 9.17) is 4.74 Å². The first-order chi connectivity index (χ1) is 12.3. The van der Waals surface area contributed by atoms with E-state index in [9.17, 15) is 0 Å². The normalized spacial score (nSPS) is 11.1. The Bertz CT molecular complexity index is 999. The fraction of sp³-hybridized carbons (Fsp3) is 0.167. The number of hydrogen-bond acceptors (Lipinski definition) is 6. The average Bonchev–Trinajstić information content (AvgIpc) is 3.06. The maximum atomic E-state index is 5.14. The molecule has 0 radical (unpaired) electrons. The molecule has 0 atom stereocenters. The number of fused-ring (bicyclic) bond motifs is 1. The van der Waals surface area contributed by atoms with Crippen molar-refractivity contribution in [3.8, 4) is 11.3 Å². The van der Waals surface area contributed by atoms with E-state index in [1.165, 1.54) is 0 Å². The van der Waals surface area contributed by atoms with Crippen molar-refractivity contribution in [2.75, 3.05) is 7.11 Å². The third kappa shape index (κ3) is 3.09. The zero-order valence-electron chi connectivity index (χ0n) is 13.7. The van der Waals surface area contributed by atoms with Crippen LogP contribution in [-0.4, -0.2) is 37.1 Å². The molecule has 0 aliphatic heterocycles. The van der Waals surface area contributed by atoms with E-state index in [0.29, 0.717) is 24.3 Å². The Morgan fingerprint density at radius 1 is 0.960 bits per heavy atom. The lowest BCUT2D eigenvalue weighted by molar-refractivity contribution is 0.181. The summed E-state index contributed by atoms with van der Waals surface area (Å²) in [4.78, 5) is 13.3. The van der Waals surface area contributed by atoms with Crippen LogP contribution in [0.3, 0.4) is 0 Å². The van der Waals surface area contributed by atoms with Crippen LogP contribution in [-0.2, 0) is 17.9 Å². The fourth-order valence-electron chi connectivity index (χ4n) is 2.70. The van der Waals surface area contributed by atoms with Crippen molar-refractivity contribution in [1.82, 2.24) is 29.9 Å². The molecule has 3 aromatic heterocycles. The van der Waals surface area contributed by atoms with Gasteiger partial charge in [0.05, 0.1) is 24.5 Å². The van der Waals surface area contributed by atoms with Gasteiger partial charge in [-0.25, -0.2) is 14.6 Å². The van der Waals surface area contributed by atoms with Gasteiger partial charge < -0.3 is 4.74 Å². The minimum atomic E-state index is 0.478. The van der Waals surface area contributed by atoms with Gasteiger partial charge in [-0.3, -0.25) is 4.98 Å². The second-order valence-electron chi connectivity index (χ2n) is 5.56. The molecule has 0 unspecified atom stereocenters. The van der Waals surface area contributed by atoms with Gasteiger partial charge >= 0.3 is 0 Å². The molecule has 0 fully saturated rings. The Labute approximate surface area is 144 Å². The molecule has 4 rings (SSSR count). The van der Waals surface area contributed by atoms with Gasteiger partial charge in [-0.2, -0.15) is 0 Å². The van der Waals surface area contributed by atoms with Crippen LogP contribution in [0, 0.1) is 0 Å². The summed E-state index contributed by atoms with van der Waals surface area (Å²) in [5, 5.41) is 8.53. The Kier molecular flexibility index (Phi) is 4.14. The van der Waals surface area contributed by atoms with Gasteiger partial charge in [-0.15, -0.1) is 5.10 Å². The van der Waals surface area contributed by atoms with Gasteiger partial charge in [0, 0.05) is 12.7 Å². The number of aromatic nitrogens is 6. The second kappa shape index (κ2) is 6.74. The van der Waals surface area contributed by atoms with Gasteiger partial charge in [0.1, 0.15) is 12.0 Å². The van der Waals surface area contributed by atoms with Crippen molar-refractivity contribution in [1.29, 1.82) is 0 Å². The number of pyridine rings is 1. The zero-order chi connectivity index (χ0) is 17.1. The van der Waals surface area contributed by atoms with Crippen molar-refractivity contribution < 1.29 is 4.74 Å². The quantitative estimate of drug-likeness (QED) is 0.559. The molecule has 7 nitrogen and oxygen atoms in total. The summed E-state index contributed by atoms with van der Waals surface area (Å²) in [6.07, 6.45) is 1.54. The molecule has 124 valence electrons. The number of rotatable bonds is 5. The molecule has 0 saturated heterocycles. The first-order valence-electron chi connectivity index (χ1n) is 7.88. The molecule has 0 spiro atoms. The van der Waals surface area contributed by atoms with E-state index in [-0.39, 0.29) is 0 Å². The maximum absolute atomic E-state index is 5.14. The highest BCUT2D eigenvalue weighted by atomic mass is 16.5. The molecule has 3 heterocycles. The van der Waals surface area contributed by atoms with Crippen LogP contribution in [0.25, 0.3) is 22.4 Å². The first kappa shape index (κ1) is 15.3. The predicted molar refractivity (Wildman–Crippen MR) is 92.6 cm³/mol. The highest BCUT2D eigenvalue weighted by Gasteiger charge is 2.13. The zero-order valence-corrected chi connectivity index (χ0v) is 13.7. The van der Waals surface area contributed by atoms with Crippen molar-refractivity contribution in [3.63, 3.8) is 0 Å². The number of methoxy groups -OCH3 is 1.